The first-order valence-electron chi connectivity index (χ1n) is 9.21. The molecule has 8 heteroatoms. The van der Waals surface area contributed by atoms with Gasteiger partial charge < -0.3 is 10.2 Å². The molecule has 0 bridgehead atoms. The van der Waals surface area contributed by atoms with Crippen molar-refractivity contribution in [3.63, 3.8) is 0 Å². The van der Waals surface area contributed by atoms with Crippen LogP contribution in [-0.2, 0) is 11.3 Å². The van der Waals surface area contributed by atoms with Gasteiger partial charge in [-0.25, -0.2) is 0 Å². The fraction of sp³-hybridized carbons (Fsp3) is 0.350. The van der Waals surface area contributed by atoms with Gasteiger partial charge in [-0.15, -0.1) is 0 Å². The SMILES string of the molecule is CC(C(=O)NCc1ccccc1Cl)N1CCN(c2ccccc2[N+](=O)[O-])CC1. The number of hydrogen-bond acceptors (Lipinski definition) is 5. The summed E-state index contributed by atoms with van der Waals surface area (Å²) in [4.78, 5) is 27.5. The maximum absolute atomic E-state index is 12.5. The van der Waals surface area contributed by atoms with Crippen LogP contribution in [0.1, 0.15) is 12.5 Å². The Morgan fingerprint density at radius 2 is 1.79 bits per heavy atom. The van der Waals surface area contributed by atoms with Crippen LogP contribution in [0.4, 0.5) is 11.4 Å². The molecule has 1 atom stereocenters. The minimum atomic E-state index is -0.355. The van der Waals surface area contributed by atoms with E-state index in [1.165, 1.54) is 6.07 Å². The Labute approximate surface area is 169 Å². The van der Waals surface area contributed by atoms with E-state index in [0.717, 1.165) is 5.56 Å². The quantitative estimate of drug-likeness (QED) is 0.593. The standard InChI is InChI=1S/C20H23ClN4O3/c1-15(20(26)22-14-16-6-2-3-7-17(16)21)23-10-12-24(13-11-23)18-8-4-5-9-19(18)25(27)28/h2-9,15H,10-14H2,1H3,(H,22,26). The summed E-state index contributed by atoms with van der Waals surface area (Å²) in [5.41, 5.74) is 1.62. The second-order valence-corrected chi connectivity index (χ2v) is 7.16. The molecule has 1 amide bonds. The number of amides is 1. The van der Waals surface area contributed by atoms with E-state index < -0.39 is 0 Å². The van der Waals surface area contributed by atoms with Crippen molar-refractivity contribution >= 4 is 28.9 Å². The summed E-state index contributed by atoms with van der Waals surface area (Å²) in [6, 6.07) is 13.9. The summed E-state index contributed by atoms with van der Waals surface area (Å²) in [5, 5.41) is 14.8. The molecule has 0 radical (unpaired) electrons. The third-order valence-corrected chi connectivity index (χ3v) is 5.44. The average Bonchev–Trinajstić information content (AvgIpc) is 2.72. The second kappa shape index (κ2) is 9.03. The van der Waals surface area contributed by atoms with Gasteiger partial charge in [0.2, 0.25) is 5.91 Å². The minimum absolute atomic E-state index is 0.0564. The van der Waals surface area contributed by atoms with Crippen molar-refractivity contribution < 1.29 is 9.72 Å². The van der Waals surface area contributed by atoms with Crippen molar-refractivity contribution in [3.05, 3.63) is 69.2 Å². The molecule has 28 heavy (non-hydrogen) atoms. The molecule has 0 saturated carbocycles. The van der Waals surface area contributed by atoms with Gasteiger partial charge >= 0.3 is 0 Å². The van der Waals surface area contributed by atoms with Gasteiger partial charge in [0, 0.05) is 43.8 Å². The van der Waals surface area contributed by atoms with Crippen LogP contribution in [-0.4, -0.2) is 48.0 Å². The van der Waals surface area contributed by atoms with Gasteiger partial charge in [-0.05, 0) is 24.6 Å². The Balaban J connectivity index is 1.55. The molecule has 148 valence electrons. The lowest BCUT2D eigenvalue weighted by atomic mass is 10.1. The Hall–Kier alpha value is -2.64. The molecule has 0 aliphatic carbocycles. The Bertz CT molecular complexity index is 853. The number of benzene rings is 2. The van der Waals surface area contributed by atoms with Gasteiger partial charge in [0.15, 0.2) is 0 Å². The monoisotopic (exact) mass is 402 g/mol. The van der Waals surface area contributed by atoms with Gasteiger partial charge in [-0.3, -0.25) is 19.8 Å². The van der Waals surface area contributed by atoms with Crippen LogP contribution in [0.25, 0.3) is 0 Å². The number of carbonyl (C=O) groups is 1. The van der Waals surface area contributed by atoms with E-state index in [0.29, 0.717) is 43.4 Å². The highest BCUT2D eigenvalue weighted by atomic mass is 35.5. The van der Waals surface area contributed by atoms with E-state index in [1.807, 2.05) is 30.0 Å². The van der Waals surface area contributed by atoms with E-state index in [-0.39, 0.29) is 22.6 Å². The Morgan fingerprint density at radius 1 is 1.14 bits per heavy atom. The molecule has 1 unspecified atom stereocenters. The maximum Gasteiger partial charge on any atom is 0.292 e. The molecular weight excluding hydrogens is 380 g/mol. The molecule has 7 nitrogen and oxygen atoms in total. The Kier molecular flexibility index (Phi) is 6.49. The zero-order valence-electron chi connectivity index (χ0n) is 15.7. The van der Waals surface area contributed by atoms with Crippen LogP contribution < -0.4 is 10.2 Å². The van der Waals surface area contributed by atoms with Gasteiger partial charge in [0.25, 0.3) is 5.69 Å². The summed E-state index contributed by atoms with van der Waals surface area (Å²) in [6.07, 6.45) is 0. The molecule has 1 aliphatic heterocycles. The predicted molar refractivity (Wildman–Crippen MR) is 110 cm³/mol. The van der Waals surface area contributed by atoms with Crippen LogP contribution in [0.5, 0.6) is 0 Å². The number of halogens is 1. The fourth-order valence-corrected chi connectivity index (χ4v) is 3.58. The molecule has 1 heterocycles. The van der Waals surface area contributed by atoms with Crippen molar-refractivity contribution in [2.24, 2.45) is 0 Å². The first-order valence-corrected chi connectivity index (χ1v) is 9.58. The highest BCUT2D eigenvalue weighted by molar-refractivity contribution is 6.31. The highest BCUT2D eigenvalue weighted by Gasteiger charge is 2.28. The second-order valence-electron chi connectivity index (χ2n) is 6.75. The number of piperazine rings is 1. The molecule has 1 fully saturated rings. The van der Waals surface area contributed by atoms with Crippen molar-refractivity contribution in [1.82, 2.24) is 10.2 Å². The predicted octanol–water partition coefficient (Wildman–Crippen LogP) is 3.08. The van der Waals surface area contributed by atoms with Gasteiger partial charge in [-0.2, -0.15) is 0 Å². The van der Waals surface area contributed by atoms with Gasteiger partial charge in [-0.1, -0.05) is 41.9 Å². The Morgan fingerprint density at radius 3 is 2.46 bits per heavy atom. The van der Waals surface area contributed by atoms with E-state index in [4.69, 9.17) is 11.6 Å². The van der Waals surface area contributed by atoms with Crippen LogP contribution >= 0.6 is 11.6 Å². The number of nitrogens with zero attached hydrogens (tertiary/aromatic N) is 3. The zero-order valence-corrected chi connectivity index (χ0v) is 16.4. The van der Waals surface area contributed by atoms with Crippen LogP contribution in [0, 0.1) is 10.1 Å². The summed E-state index contributed by atoms with van der Waals surface area (Å²) in [6.45, 7) is 4.85. The number of anilines is 1. The molecule has 0 aromatic heterocycles. The third-order valence-electron chi connectivity index (χ3n) is 5.07. The van der Waals surface area contributed by atoms with Crippen LogP contribution in [0.3, 0.4) is 0 Å². The summed E-state index contributed by atoms with van der Waals surface area (Å²) in [5.74, 6) is -0.0564. The van der Waals surface area contributed by atoms with E-state index >= 15 is 0 Å². The third kappa shape index (κ3) is 4.61. The number of rotatable bonds is 6. The number of nitro benzene ring substituents is 1. The van der Waals surface area contributed by atoms with E-state index in [1.54, 1.807) is 24.3 Å². The molecule has 2 aromatic rings. The van der Waals surface area contributed by atoms with Crippen LogP contribution in [0.15, 0.2) is 48.5 Å². The molecule has 1 N–H and O–H groups in total. The molecule has 1 saturated heterocycles. The van der Waals surface area contributed by atoms with Crippen molar-refractivity contribution in [2.45, 2.75) is 19.5 Å². The van der Waals surface area contributed by atoms with Crippen LogP contribution in [0.2, 0.25) is 5.02 Å². The maximum atomic E-state index is 12.5. The van der Waals surface area contributed by atoms with E-state index in [2.05, 4.69) is 10.2 Å². The smallest absolute Gasteiger partial charge is 0.292 e. The first-order chi connectivity index (χ1) is 13.5. The number of carbonyl (C=O) groups excluding carboxylic acids is 1. The number of hydrogen-bond donors (Lipinski definition) is 1. The van der Waals surface area contributed by atoms with Gasteiger partial charge in [0.1, 0.15) is 5.69 Å². The van der Waals surface area contributed by atoms with Crippen molar-refractivity contribution in [1.29, 1.82) is 0 Å². The molecule has 0 spiro atoms. The number of para-hydroxylation sites is 2. The summed E-state index contributed by atoms with van der Waals surface area (Å²) >= 11 is 6.13. The molecule has 2 aromatic carbocycles. The fourth-order valence-electron chi connectivity index (χ4n) is 3.37. The first kappa shape index (κ1) is 20.1. The van der Waals surface area contributed by atoms with Gasteiger partial charge in [0.05, 0.1) is 11.0 Å². The van der Waals surface area contributed by atoms with Crippen molar-refractivity contribution in [3.8, 4) is 0 Å². The summed E-state index contributed by atoms with van der Waals surface area (Å²) in [7, 11) is 0. The lowest BCUT2D eigenvalue weighted by Gasteiger charge is -2.38. The molecule has 3 rings (SSSR count). The minimum Gasteiger partial charge on any atom is -0.363 e. The largest absolute Gasteiger partial charge is 0.363 e. The normalized spacial score (nSPS) is 15.9. The number of nitrogens with one attached hydrogen (secondary N) is 1. The van der Waals surface area contributed by atoms with Crippen molar-refractivity contribution in [2.75, 3.05) is 31.1 Å². The topological polar surface area (TPSA) is 78.7 Å². The lowest BCUT2D eigenvalue weighted by Crippen LogP contribution is -2.54. The highest BCUT2D eigenvalue weighted by Crippen LogP contribution is 2.28. The number of nitro groups is 1. The lowest BCUT2D eigenvalue weighted by molar-refractivity contribution is -0.384. The summed E-state index contributed by atoms with van der Waals surface area (Å²) < 4.78 is 0. The molecular formula is C20H23ClN4O3. The molecule has 1 aliphatic rings. The zero-order chi connectivity index (χ0) is 20.1. The average molecular weight is 403 g/mol. The van der Waals surface area contributed by atoms with E-state index in [9.17, 15) is 14.9 Å².